The minimum absolute atomic E-state index is 0.725. The van der Waals surface area contributed by atoms with Gasteiger partial charge in [0, 0.05) is 72.9 Å². The van der Waals surface area contributed by atoms with Gasteiger partial charge in [0.05, 0.1) is 23.0 Å². The number of nitrogens with one attached hydrogen (secondary N) is 2. The van der Waals surface area contributed by atoms with E-state index in [0.29, 0.717) is 0 Å². The van der Waals surface area contributed by atoms with E-state index >= 15 is 0 Å². The molecule has 1 saturated heterocycles. The third kappa shape index (κ3) is 4.21. The van der Waals surface area contributed by atoms with Gasteiger partial charge in [0.15, 0.2) is 0 Å². The highest BCUT2D eigenvalue weighted by molar-refractivity contribution is 8.00. The van der Waals surface area contributed by atoms with E-state index in [1.807, 2.05) is 56.0 Å². The van der Waals surface area contributed by atoms with Gasteiger partial charge >= 0.3 is 0 Å². The van der Waals surface area contributed by atoms with E-state index in [1.165, 1.54) is 11.9 Å². The Balaban J connectivity index is 1.52. The predicted octanol–water partition coefficient (Wildman–Crippen LogP) is 4.82. The van der Waals surface area contributed by atoms with Gasteiger partial charge in [-0.25, -0.2) is 4.98 Å². The lowest BCUT2D eigenvalue weighted by molar-refractivity contribution is 0.589. The summed E-state index contributed by atoms with van der Waals surface area (Å²) in [6.07, 6.45) is 7.85. The first-order chi connectivity index (χ1) is 15.2. The van der Waals surface area contributed by atoms with Crippen molar-refractivity contribution in [2.45, 2.75) is 4.90 Å². The van der Waals surface area contributed by atoms with Gasteiger partial charge in [0.1, 0.15) is 5.65 Å². The van der Waals surface area contributed by atoms with Crippen LogP contribution in [-0.2, 0) is 7.05 Å². The van der Waals surface area contributed by atoms with E-state index in [4.69, 9.17) is 11.6 Å². The third-order valence-corrected chi connectivity index (χ3v) is 6.50. The number of halogens is 1. The topological polar surface area (TPSA) is 58.0 Å². The molecule has 4 aromatic rings. The summed E-state index contributed by atoms with van der Waals surface area (Å²) < 4.78 is 5.57. The van der Waals surface area contributed by atoms with Crippen molar-refractivity contribution in [3.05, 3.63) is 66.2 Å². The molecule has 0 bridgehead atoms. The lowest BCUT2D eigenvalue weighted by atomic mass is 10.1. The average molecular weight is 451 g/mol. The number of pyridine rings is 2. The van der Waals surface area contributed by atoms with Crippen LogP contribution in [0.1, 0.15) is 0 Å². The number of rotatable bonds is 5. The van der Waals surface area contributed by atoms with Crippen LogP contribution in [0.2, 0.25) is 5.02 Å². The van der Waals surface area contributed by atoms with Gasteiger partial charge in [-0.3, -0.25) is 4.98 Å². The van der Waals surface area contributed by atoms with Crippen LogP contribution in [0, 0.1) is 0 Å². The first kappa shape index (κ1) is 20.2. The molecule has 1 aliphatic rings. The molecule has 1 aromatic carbocycles. The number of piperazine rings is 1. The van der Waals surface area contributed by atoms with Gasteiger partial charge in [-0.2, -0.15) is 0 Å². The number of aryl methyl sites for hydroxylation is 1. The Hall–Kier alpha value is -2.74. The van der Waals surface area contributed by atoms with Crippen LogP contribution in [0.3, 0.4) is 0 Å². The second kappa shape index (κ2) is 8.78. The molecule has 4 heterocycles. The zero-order valence-corrected chi connectivity index (χ0v) is 18.7. The number of anilines is 2. The van der Waals surface area contributed by atoms with E-state index in [2.05, 4.69) is 41.7 Å². The molecule has 8 heteroatoms. The van der Waals surface area contributed by atoms with Crippen molar-refractivity contribution in [1.82, 2.24) is 19.9 Å². The van der Waals surface area contributed by atoms with E-state index in [0.717, 1.165) is 69.6 Å². The van der Waals surface area contributed by atoms with Crippen LogP contribution >= 0.6 is 23.5 Å². The van der Waals surface area contributed by atoms with E-state index in [1.54, 1.807) is 0 Å². The fourth-order valence-electron chi connectivity index (χ4n) is 3.92. The maximum atomic E-state index is 6.14. The van der Waals surface area contributed by atoms with Crippen LogP contribution < -0.4 is 14.9 Å². The number of nitrogens with zero attached hydrogens (tertiary/aromatic N) is 4. The second-order valence-electron chi connectivity index (χ2n) is 7.54. The highest BCUT2D eigenvalue weighted by Crippen LogP contribution is 2.37. The summed E-state index contributed by atoms with van der Waals surface area (Å²) in [6.45, 7) is 3.98. The van der Waals surface area contributed by atoms with Crippen molar-refractivity contribution >= 4 is 46.0 Å². The molecule has 3 aromatic heterocycles. The molecule has 1 fully saturated rings. The van der Waals surface area contributed by atoms with Crippen molar-refractivity contribution in [1.29, 1.82) is 0 Å². The summed E-state index contributed by atoms with van der Waals surface area (Å²) in [5.74, 6) is 0. The largest absolute Gasteiger partial charge is 0.368 e. The number of hydrogen-bond acceptors (Lipinski definition) is 6. The molecule has 5 rings (SSSR count). The highest BCUT2D eigenvalue weighted by atomic mass is 35.5. The summed E-state index contributed by atoms with van der Waals surface area (Å²) in [5, 5.41) is 5.21. The van der Waals surface area contributed by atoms with Crippen LogP contribution in [0.5, 0.6) is 0 Å². The van der Waals surface area contributed by atoms with Gasteiger partial charge in [-0.1, -0.05) is 17.7 Å². The van der Waals surface area contributed by atoms with Crippen molar-refractivity contribution in [3.63, 3.8) is 0 Å². The Bertz CT molecular complexity index is 1220. The Morgan fingerprint density at radius 1 is 1.13 bits per heavy atom. The number of fused-ring (bicyclic) bond motifs is 1. The van der Waals surface area contributed by atoms with Crippen LogP contribution in [-0.4, -0.2) is 40.7 Å². The molecule has 0 amide bonds. The monoisotopic (exact) mass is 450 g/mol. The number of hydrogen-bond donors (Lipinski definition) is 2. The summed E-state index contributed by atoms with van der Waals surface area (Å²) in [4.78, 5) is 12.6. The summed E-state index contributed by atoms with van der Waals surface area (Å²) >= 11 is 7.68. The molecule has 0 atom stereocenters. The summed E-state index contributed by atoms with van der Waals surface area (Å²) in [6, 6.07) is 12.1. The van der Waals surface area contributed by atoms with Crippen molar-refractivity contribution in [2.75, 3.05) is 35.8 Å². The molecule has 0 spiro atoms. The molecule has 0 radical (unpaired) electrons. The van der Waals surface area contributed by atoms with Gasteiger partial charge in [0.2, 0.25) is 0 Å². The molecular formula is C23H23ClN6S. The molecule has 31 heavy (non-hydrogen) atoms. The second-order valence-corrected chi connectivity index (χ2v) is 8.86. The van der Waals surface area contributed by atoms with E-state index in [-0.39, 0.29) is 0 Å². The van der Waals surface area contributed by atoms with Gasteiger partial charge < -0.3 is 19.5 Å². The fourth-order valence-corrected chi connectivity index (χ4v) is 4.91. The maximum Gasteiger partial charge on any atom is 0.142 e. The van der Waals surface area contributed by atoms with E-state index in [9.17, 15) is 0 Å². The van der Waals surface area contributed by atoms with Crippen LogP contribution in [0.15, 0.2) is 66.1 Å². The molecule has 0 saturated carbocycles. The number of aromatic nitrogens is 3. The lowest BCUT2D eigenvalue weighted by Crippen LogP contribution is -2.43. The lowest BCUT2D eigenvalue weighted by Gasteiger charge is -2.29. The summed E-state index contributed by atoms with van der Waals surface area (Å²) in [7, 11) is 2.03. The average Bonchev–Trinajstić information content (AvgIpc) is 3.16. The molecular weight excluding hydrogens is 428 g/mol. The Labute approximate surface area is 190 Å². The van der Waals surface area contributed by atoms with Crippen LogP contribution in [0.4, 0.5) is 11.4 Å². The number of benzene rings is 1. The minimum atomic E-state index is 0.725. The Morgan fingerprint density at radius 3 is 2.84 bits per heavy atom. The third-order valence-electron chi connectivity index (χ3n) is 5.45. The Morgan fingerprint density at radius 2 is 2.00 bits per heavy atom. The highest BCUT2D eigenvalue weighted by Gasteiger charge is 2.17. The zero-order chi connectivity index (χ0) is 21.2. The van der Waals surface area contributed by atoms with Gasteiger partial charge in [-0.15, -0.1) is 0 Å². The molecule has 0 aliphatic carbocycles. The molecule has 0 unspecified atom stereocenters. The smallest absolute Gasteiger partial charge is 0.142 e. The van der Waals surface area contributed by atoms with Gasteiger partial charge in [-0.05, 0) is 42.3 Å². The Kier molecular flexibility index (Phi) is 5.72. The first-order valence-corrected chi connectivity index (χ1v) is 11.4. The quantitative estimate of drug-likeness (QED) is 0.425. The standard InChI is InChI=1S/C23H23ClN6S/c1-29-15-20(16-11-18(14-26-13-16)30-9-7-25-8-10-30)22-21(5-6-27-23(22)29)28-31-19-4-2-3-17(24)12-19/h2-6,11-15,25H,7-10H2,1H3,(H,27,28). The zero-order valence-electron chi connectivity index (χ0n) is 17.2. The molecule has 2 N–H and O–H groups in total. The van der Waals surface area contributed by atoms with Crippen LogP contribution in [0.25, 0.3) is 22.2 Å². The minimum Gasteiger partial charge on any atom is -0.368 e. The normalized spacial score (nSPS) is 14.2. The molecule has 1 aliphatic heterocycles. The SMILES string of the molecule is Cn1cc(-c2cncc(N3CCNCC3)c2)c2c(NSc3cccc(Cl)c3)ccnc21. The van der Waals surface area contributed by atoms with Crippen molar-refractivity contribution in [2.24, 2.45) is 7.05 Å². The molecule has 6 nitrogen and oxygen atoms in total. The van der Waals surface area contributed by atoms with Crippen molar-refractivity contribution < 1.29 is 0 Å². The molecule has 158 valence electrons. The van der Waals surface area contributed by atoms with Crippen molar-refractivity contribution in [3.8, 4) is 11.1 Å². The van der Waals surface area contributed by atoms with Gasteiger partial charge in [0.25, 0.3) is 0 Å². The fraction of sp³-hybridized carbons (Fsp3) is 0.217. The first-order valence-electron chi connectivity index (χ1n) is 10.2. The summed E-state index contributed by atoms with van der Waals surface area (Å²) in [5.41, 5.74) is 5.30. The predicted molar refractivity (Wildman–Crippen MR) is 130 cm³/mol. The van der Waals surface area contributed by atoms with E-state index < -0.39 is 0 Å². The maximum absolute atomic E-state index is 6.14.